The van der Waals surface area contributed by atoms with Crippen molar-refractivity contribution in [3.05, 3.63) is 43.7 Å². The Labute approximate surface area is 145 Å². The molecule has 0 aliphatic carbocycles. The van der Waals surface area contributed by atoms with Crippen molar-refractivity contribution in [3.8, 4) is 5.69 Å². The second kappa shape index (κ2) is 6.66. The molecule has 0 N–H and O–H groups in total. The lowest BCUT2D eigenvalue weighted by atomic mass is 10.2. The third kappa shape index (κ3) is 2.82. The Morgan fingerprint density at radius 2 is 1.86 bits per heavy atom. The van der Waals surface area contributed by atoms with Crippen LogP contribution in [-0.4, -0.2) is 35.9 Å². The van der Waals surface area contributed by atoms with Gasteiger partial charge < -0.3 is 9.47 Å². The van der Waals surface area contributed by atoms with Crippen LogP contribution < -0.4 is 0 Å². The van der Waals surface area contributed by atoms with Gasteiger partial charge >= 0.3 is 11.9 Å². The topological polar surface area (TPSA) is 70.4 Å². The molecule has 0 aliphatic rings. The molecular formula is C14H12ClIN2O4. The maximum absolute atomic E-state index is 12.0. The lowest BCUT2D eigenvalue weighted by Crippen LogP contribution is -2.11. The van der Waals surface area contributed by atoms with Crippen molar-refractivity contribution in [2.24, 2.45) is 0 Å². The van der Waals surface area contributed by atoms with Crippen molar-refractivity contribution in [1.82, 2.24) is 9.78 Å². The fraction of sp³-hybridized carbons (Fsp3) is 0.214. The zero-order chi connectivity index (χ0) is 16.4. The highest BCUT2D eigenvalue weighted by atomic mass is 127. The third-order valence-electron chi connectivity index (χ3n) is 3.06. The molecule has 22 heavy (non-hydrogen) atoms. The number of methoxy groups -OCH3 is 2. The Kier molecular flexibility index (Phi) is 5.07. The number of hydrogen-bond donors (Lipinski definition) is 0. The molecule has 0 amide bonds. The van der Waals surface area contributed by atoms with E-state index in [4.69, 9.17) is 16.3 Å². The van der Waals surface area contributed by atoms with E-state index in [2.05, 4.69) is 9.84 Å². The monoisotopic (exact) mass is 434 g/mol. The van der Waals surface area contributed by atoms with E-state index in [1.807, 2.05) is 29.5 Å². The van der Waals surface area contributed by atoms with E-state index in [-0.39, 0.29) is 11.3 Å². The number of nitrogens with zero attached hydrogens (tertiary/aromatic N) is 2. The molecule has 0 saturated heterocycles. The first kappa shape index (κ1) is 16.8. The number of aromatic nitrogens is 2. The number of hydrogen-bond acceptors (Lipinski definition) is 5. The Balaban J connectivity index is 2.73. The standard InChI is InChI=1S/C14H12ClIN2O4/c1-7-8(15)5-4-6-9(7)18-12(16)10(13(19)21-2)11(17-18)14(20)22-3/h4-6H,1-3H3. The predicted molar refractivity (Wildman–Crippen MR) is 88.7 cm³/mol. The van der Waals surface area contributed by atoms with Crippen molar-refractivity contribution in [3.63, 3.8) is 0 Å². The summed E-state index contributed by atoms with van der Waals surface area (Å²) in [5.74, 6) is -1.37. The van der Waals surface area contributed by atoms with Gasteiger partial charge in [-0.05, 0) is 47.2 Å². The van der Waals surface area contributed by atoms with Gasteiger partial charge in [0.25, 0.3) is 0 Å². The molecule has 0 atom stereocenters. The minimum absolute atomic E-state index is 0.0642. The Morgan fingerprint density at radius 1 is 1.23 bits per heavy atom. The number of ether oxygens (including phenoxy) is 2. The largest absolute Gasteiger partial charge is 0.465 e. The van der Waals surface area contributed by atoms with Crippen LogP contribution in [0.15, 0.2) is 18.2 Å². The Bertz CT molecular complexity index is 758. The molecule has 0 radical (unpaired) electrons. The van der Waals surface area contributed by atoms with Crippen molar-refractivity contribution in [2.45, 2.75) is 6.92 Å². The zero-order valence-electron chi connectivity index (χ0n) is 12.0. The molecule has 2 rings (SSSR count). The van der Waals surface area contributed by atoms with Crippen LogP contribution in [0.2, 0.25) is 5.02 Å². The van der Waals surface area contributed by atoms with Crippen LogP contribution >= 0.6 is 34.2 Å². The summed E-state index contributed by atoms with van der Waals surface area (Å²) < 4.78 is 11.3. The quantitative estimate of drug-likeness (QED) is 0.549. The lowest BCUT2D eigenvalue weighted by molar-refractivity contribution is 0.0551. The number of halogens is 2. The molecule has 0 unspecified atom stereocenters. The first-order valence-electron chi connectivity index (χ1n) is 6.13. The molecule has 0 saturated carbocycles. The molecule has 2 aromatic rings. The Hall–Kier alpha value is -1.61. The molecule has 6 nitrogen and oxygen atoms in total. The van der Waals surface area contributed by atoms with Gasteiger partial charge in [0.05, 0.1) is 19.9 Å². The second-order valence-corrected chi connectivity index (χ2v) is 5.72. The SMILES string of the molecule is COC(=O)c1nn(-c2cccc(Cl)c2C)c(I)c1C(=O)OC. The van der Waals surface area contributed by atoms with Crippen molar-refractivity contribution in [1.29, 1.82) is 0 Å². The summed E-state index contributed by atoms with van der Waals surface area (Å²) in [7, 11) is 2.46. The summed E-state index contributed by atoms with van der Waals surface area (Å²) in [6.07, 6.45) is 0. The van der Waals surface area contributed by atoms with Crippen LogP contribution in [0.4, 0.5) is 0 Å². The number of carbonyl (C=O) groups is 2. The molecule has 1 heterocycles. The normalized spacial score (nSPS) is 10.4. The second-order valence-electron chi connectivity index (χ2n) is 4.29. The maximum atomic E-state index is 12.0. The first-order valence-corrected chi connectivity index (χ1v) is 7.58. The summed E-state index contributed by atoms with van der Waals surface area (Å²) in [6.45, 7) is 1.82. The summed E-state index contributed by atoms with van der Waals surface area (Å²) in [5, 5.41) is 4.76. The molecule has 0 bridgehead atoms. The van der Waals surface area contributed by atoms with Crippen LogP contribution in [0.5, 0.6) is 0 Å². The Morgan fingerprint density at radius 3 is 2.45 bits per heavy atom. The van der Waals surface area contributed by atoms with Gasteiger partial charge in [-0.1, -0.05) is 17.7 Å². The fourth-order valence-corrected chi connectivity index (χ4v) is 2.92. The summed E-state index contributed by atoms with van der Waals surface area (Å²) in [4.78, 5) is 23.8. The van der Waals surface area contributed by atoms with Gasteiger partial charge in [-0.3, -0.25) is 0 Å². The van der Waals surface area contributed by atoms with Crippen molar-refractivity contribution < 1.29 is 19.1 Å². The van der Waals surface area contributed by atoms with Crippen molar-refractivity contribution >= 4 is 46.1 Å². The third-order valence-corrected chi connectivity index (χ3v) is 4.47. The summed E-state index contributed by atoms with van der Waals surface area (Å²) in [5.41, 5.74) is 1.40. The smallest absolute Gasteiger partial charge is 0.359 e. The van der Waals surface area contributed by atoms with Crippen LogP contribution in [0.3, 0.4) is 0 Å². The fourth-order valence-electron chi connectivity index (χ4n) is 1.91. The molecule has 1 aromatic carbocycles. The number of benzene rings is 1. The number of carbonyl (C=O) groups excluding carboxylic acids is 2. The number of esters is 2. The van der Waals surface area contributed by atoms with E-state index in [9.17, 15) is 9.59 Å². The molecule has 8 heteroatoms. The summed E-state index contributed by atoms with van der Waals surface area (Å²) >= 11 is 8.05. The van der Waals surface area contributed by atoms with E-state index in [0.29, 0.717) is 14.4 Å². The van der Waals surface area contributed by atoms with Gasteiger partial charge in [0, 0.05) is 5.02 Å². The average Bonchev–Trinajstić information content (AvgIpc) is 2.86. The number of rotatable bonds is 3. The van der Waals surface area contributed by atoms with Gasteiger partial charge in [-0.2, -0.15) is 5.10 Å². The van der Waals surface area contributed by atoms with E-state index in [0.717, 1.165) is 5.56 Å². The van der Waals surface area contributed by atoms with Gasteiger partial charge in [0.2, 0.25) is 0 Å². The van der Waals surface area contributed by atoms with Gasteiger partial charge in [-0.15, -0.1) is 0 Å². The minimum Gasteiger partial charge on any atom is -0.465 e. The molecule has 0 aliphatic heterocycles. The highest BCUT2D eigenvalue weighted by Gasteiger charge is 2.29. The molecule has 0 fully saturated rings. The van der Waals surface area contributed by atoms with Crippen LogP contribution in [0.1, 0.15) is 26.4 Å². The van der Waals surface area contributed by atoms with E-state index in [1.54, 1.807) is 18.2 Å². The van der Waals surface area contributed by atoms with Crippen molar-refractivity contribution in [2.75, 3.05) is 14.2 Å². The predicted octanol–water partition coefficient (Wildman–Crippen LogP) is 3.01. The van der Waals surface area contributed by atoms with Crippen LogP contribution in [-0.2, 0) is 9.47 Å². The first-order chi connectivity index (χ1) is 10.4. The molecule has 116 valence electrons. The zero-order valence-corrected chi connectivity index (χ0v) is 14.9. The average molecular weight is 435 g/mol. The summed E-state index contributed by atoms with van der Waals surface area (Å²) in [6, 6.07) is 5.30. The van der Waals surface area contributed by atoms with Crippen LogP contribution in [0, 0.1) is 10.6 Å². The highest BCUT2D eigenvalue weighted by molar-refractivity contribution is 14.1. The van der Waals surface area contributed by atoms with Gasteiger partial charge in [-0.25, -0.2) is 14.3 Å². The molecule has 1 aromatic heterocycles. The van der Waals surface area contributed by atoms with Gasteiger partial charge in [0.15, 0.2) is 5.69 Å². The molecular weight excluding hydrogens is 423 g/mol. The van der Waals surface area contributed by atoms with E-state index in [1.165, 1.54) is 18.9 Å². The van der Waals surface area contributed by atoms with Crippen LogP contribution in [0.25, 0.3) is 5.69 Å². The highest BCUT2D eigenvalue weighted by Crippen LogP contribution is 2.27. The lowest BCUT2D eigenvalue weighted by Gasteiger charge is -2.08. The van der Waals surface area contributed by atoms with E-state index >= 15 is 0 Å². The van der Waals surface area contributed by atoms with E-state index < -0.39 is 11.9 Å². The maximum Gasteiger partial charge on any atom is 0.359 e. The molecule has 0 spiro atoms. The minimum atomic E-state index is -0.711. The van der Waals surface area contributed by atoms with Gasteiger partial charge in [0.1, 0.15) is 9.26 Å².